The van der Waals surface area contributed by atoms with E-state index in [0.717, 1.165) is 6.42 Å². The fourth-order valence-electron chi connectivity index (χ4n) is 0.884. The van der Waals surface area contributed by atoms with Gasteiger partial charge in [0.2, 0.25) is 0 Å². The van der Waals surface area contributed by atoms with Gasteiger partial charge in [-0.2, -0.15) is 0 Å². The van der Waals surface area contributed by atoms with Crippen LogP contribution in [0.3, 0.4) is 0 Å². The van der Waals surface area contributed by atoms with Crippen molar-refractivity contribution in [2.75, 3.05) is 0 Å². The Morgan fingerprint density at radius 2 is 2.25 bits per heavy atom. The summed E-state index contributed by atoms with van der Waals surface area (Å²) in [6.45, 7) is 5.85. The molecule has 0 fully saturated rings. The summed E-state index contributed by atoms with van der Waals surface area (Å²) < 4.78 is 1.78. The summed E-state index contributed by atoms with van der Waals surface area (Å²) in [5, 5.41) is 16.9. The van der Waals surface area contributed by atoms with Crippen LogP contribution in [0, 0.1) is 0 Å². The molecule has 0 saturated heterocycles. The van der Waals surface area contributed by atoms with E-state index < -0.39 is 6.10 Å². The van der Waals surface area contributed by atoms with Gasteiger partial charge >= 0.3 is 0 Å². The van der Waals surface area contributed by atoms with Crippen LogP contribution in [-0.4, -0.2) is 20.1 Å². The highest BCUT2D eigenvalue weighted by atomic mass is 16.3. The van der Waals surface area contributed by atoms with Crippen molar-refractivity contribution in [3.63, 3.8) is 0 Å². The Kier molecular flexibility index (Phi) is 2.81. The first-order chi connectivity index (χ1) is 5.65. The molecule has 0 bridgehead atoms. The highest BCUT2D eigenvalue weighted by Crippen LogP contribution is 2.12. The van der Waals surface area contributed by atoms with Gasteiger partial charge < -0.3 is 5.11 Å². The van der Waals surface area contributed by atoms with Crippen LogP contribution < -0.4 is 0 Å². The molecule has 2 atom stereocenters. The molecule has 1 unspecified atom stereocenters. The van der Waals surface area contributed by atoms with E-state index in [2.05, 4.69) is 24.2 Å². The molecule has 0 aliphatic heterocycles. The molecule has 12 heavy (non-hydrogen) atoms. The zero-order chi connectivity index (χ0) is 9.14. The van der Waals surface area contributed by atoms with E-state index in [1.54, 1.807) is 17.8 Å². The fourth-order valence-corrected chi connectivity index (χ4v) is 0.884. The molecule has 0 amide bonds. The Hall–Kier alpha value is -0.900. The van der Waals surface area contributed by atoms with Crippen molar-refractivity contribution in [3.8, 4) is 0 Å². The third kappa shape index (κ3) is 1.82. The summed E-state index contributed by atoms with van der Waals surface area (Å²) in [7, 11) is 0. The number of aliphatic hydroxyl groups excluding tert-OH is 1. The summed E-state index contributed by atoms with van der Waals surface area (Å²) >= 11 is 0. The largest absolute Gasteiger partial charge is 0.387 e. The predicted octanol–water partition coefficient (Wildman–Crippen LogP) is 1.30. The average molecular weight is 169 g/mol. The van der Waals surface area contributed by atoms with Crippen LogP contribution in [0.2, 0.25) is 0 Å². The first-order valence-electron chi connectivity index (χ1n) is 4.25. The zero-order valence-corrected chi connectivity index (χ0v) is 7.73. The molecule has 1 N–H and O–H groups in total. The maximum atomic E-state index is 9.18. The van der Waals surface area contributed by atoms with Crippen LogP contribution >= 0.6 is 0 Å². The van der Waals surface area contributed by atoms with Crippen LogP contribution in [0.25, 0.3) is 0 Å². The number of rotatable bonds is 3. The van der Waals surface area contributed by atoms with Crippen LogP contribution in [0.1, 0.15) is 45.0 Å². The molecule has 0 aliphatic carbocycles. The molecule has 1 rings (SSSR count). The fraction of sp³-hybridized carbons (Fsp3) is 0.750. The van der Waals surface area contributed by atoms with Gasteiger partial charge in [-0.25, -0.2) is 4.68 Å². The predicted molar refractivity (Wildman–Crippen MR) is 45.7 cm³/mol. The highest BCUT2D eigenvalue weighted by molar-refractivity contribution is 4.96. The first-order valence-corrected chi connectivity index (χ1v) is 4.25. The summed E-state index contributed by atoms with van der Waals surface area (Å²) in [5.74, 6) is 0. The van der Waals surface area contributed by atoms with Gasteiger partial charge in [-0.1, -0.05) is 12.1 Å². The van der Waals surface area contributed by atoms with E-state index in [0.29, 0.717) is 11.7 Å². The van der Waals surface area contributed by atoms with E-state index in [4.69, 9.17) is 0 Å². The Morgan fingerprint density at radius 3 is 2.67 bits per heavy atom. The van der Waals surface area contributed by atoms with Crippen molar-refractivity contribution in [3.05, 3.63) is 11.9 Å². The molecule has 1 heterocycles. The Labute approximate surface area is 72.2 Å². The lowest BCUT2D eigenvalue weighted by atomic mass is 10.2. The maximum absolute atomic E-state index is 9.18. The second-order valence-corrected chi connectivity index (χ2v) is 3.06. The zero-order valence-electron chi connectivity index (χ0n) is 7.73. The molecule has 68 valence electrons. The quantitative estimate of drug-likeness (QED) is 0.742. The van der Waals surface area contributed by atoms with Crippen LogP contribution in [-0.2, 0) is 0 Å². The highest BCUT2D eigenvalue weighted by Gasteiger charge is 2.08. The third-order valence-corrected chi connectivity index (χ3v) is 2.00. The SMILES string of the molecule is CCC(C)n1cc([C@H](C)O)nn1. The van der Waals surface area contributed by atoms with Crippen molar-refractivity contribution >= 4 is 0 Å². The van der Waals surface area contributed by atoms with Crippen molar-refractivity contribution in [1.82, 2.24) is 15.0 Å². The minimum Gasteiger partial charge on any atom is -0.387 e. The molecular weight excluding hydrogens is 154 g/mol. The topological polar surface area (TPSA) is 50.9 Å². The third-order valence-electron chi connectivity index (χ3n) is 2.00. The number of hydrogen-bond acceptors (Lipinski definition) is 3. The van der Waals surface area contributed by atoms with E-state index in [-0.39, 0.29) is 0 Å². The number of nitrogens with zero attached hydrogens (tertiary/aromatic N) is 3. The minimum absolute atomic E-state index is 0.352. The number of hydrogen-bond donors (Lipinski definition) is 1. The minimum atomic E-state index is -0.525. The van der Waals surface area contributed by atoms with Crippen molar-refractivity contribution in [2.24, 2.45) is 0 Å². The molecule has 4 nitrogen and oxygen atoms in total. The second-order valence-electron chi connectivity index (χ2n) is 3.06. The van der Waals surface area contributed by atoms with Crippen LogP contribution in [0.15, 0.2) is 6.20 Å². The number of aromatic nitrogens is 3. The molecule has 1 aromatic rings. The van der Waals surface area contributed by atoms with Crippen LogP contribution in [0.4, 0.5) is 0 Å². The molecule has 0 spiro atoms. The maximum Gasteiger partial charge on any atom is 0.111 e. The smallest absolute Gasteiger partial charge is 0.111 e. The molecule has 1 aromatic heterocycles. The lowest BCUT2D eigenvalue weighted by molar-refractivity contribution is 0.194. The van der Waals surface area contributed by atoms with E-state index in [1.165, 1.54) is 0 Å². The van der Waals surface area contributed by atoms with Crippen molar-refractivity contribution in [1.29, 1.82) is 0 Å². The molecular formula is C8H15N3O. The monoisotopic (exact) mass is 169 g/mol. The number of aliphatic hydroxyl groups is 1. The van der Waals surface area contributed by atoms with Gasteiger partial charge in [-0.3, -0.25) is 0 Å². The lowest BCUT2D eigenvalue weighted by Crippen LogP contribution is -2.04. The summed E-state index contributed by atoms with van der Waals surface area (Å²) in [5.41, 5.74) is 0.635. The Morgan fingerprint density at radius 1 is 1.58 bits per heavy atom. The normalized spacial score (nSPS) is 16.0. The summed E-state index contributed by atoms with van der Waals surface area (Å²) in [6, 6.07) is 0.352. The van der Waals surface area contributed by atoms with Gasteiger partial charge in [0.25, 0.3) is 0 Å². The van der Waals surface area contributed by atoms with Gasteiger partial charge in [0.1, 0.15) is 5.69 Å². The van der Waals surface area contributed by atoms with Gasteiger partial charge in [-0.05, 0) is 20.3 Å². The molecule has 0 saturated carbocycles. The molecule has 4 heteroatoms. The van der Waals surface area contributed by atoms with Gasteiger partial charge in [0, 0.05) is 0 Å². The Balaban J connectivity index is 2.77. The summed E-state index contributed by atoms with van der Waals surface area (Å²) in [6.07, 6.45) is 2.28. The van der Waals surface area contributed by atoms with Gasteiger partial charge in [0.05, 0.1) is 18.3 Å². The van der Waals surface area contributed by atoms with Gasteiger partial charge in [0.15, 0.2) is 0 Å². The van der Waals surface area contributed by atoms with Gasteiger partial charge in [-0.15, -0.1) is 5.10 Å². The summed E-state index contributed by atoms with van der Waals surface area (Å²) in [4.78, 5) is 0. The van der Waals surface area contributed by atoms with Crippen molar-refractivity contribution in [2.45, 2.75) is 39.3 Å². The Bertz CT molecular complexity index is 244. The molecule has 0 aliphatic rings. The average Bonchev–Trinajstić information content (AvgIpc) is 2.51. The van der Waals surface area contributed by atoms with E-state index in [1.807, 2.05) is 0 Å². The lowest BCUT2D eigenvalue weighted by Gasteiger charge is -2.06. The van der Waals surface area contributed by atoms with E-state index in [9.17, 15) is 5.11 Å². The van der Waals surface area contributed by atoms with Crippen LogP contribution in [0.5, 0.6) is 0 Å². The molecule has 0 aromatic carbocycles. The van der Waals surface area contributed by atoms with Crippen molar-refractivity contribution < 1.29 is 5.11 Å². The van der Waals surface area contributed by atoms with E-state index >= 15 is 0 Å². The molecule has 0 radical (unpaired) electrons. The first kappa shape index (κ1) is 9.19. The standard InChI is InChI=1S/C8H15N3O/c1-4-6(2)11-5-8(7(3)12)9-10-11/h5-7,12H,4H2,1-3H3/t6?,7-/m0/s1. The second kappa shape index (κ2) is 3.67.